The van der Waals surface area contributed by atoms with Gasteiger partial charge in [0.1, 0.15) is 0 Å². The molecule has 1 saturated heterocycles. The van der Waals surface area contributed by atoms with Gasteiger partial charge in [0.25, 0.3) is 0 Å². The van der Waals surface area contributed by atoms with E-state index in [1.165, 1.54) is 0 Å². The van der Waals surface area contributed by atoms with Crippen molar-refractivity contribution in [2.45, 2.75) is 57.0 Å². The fourth-order valence-electron chi connectivity index (χ4n) is 5.49. The fourth-order valence-corrected chi connectivity index (χ4v) is 5.82. The van der Waals surface area contributed by atoms with Gasteiger partial charge < -0.3 is 10.0 Å². The molecule has 2 aromatic carbocycles. The third kappa shape index (κ3) is 4.35. The Bertz CT molecular complexity index is 972. The number of benzene rings is 2. The second kappa shape index (κ2) is 9.59. The van der Waals surface area contributed by atoms with E-state index in [1.807, 2.05) is 53.4 Å². The molecule has 0 radical (unpaired) electrons. The number of aliphatic hydroxyl groups excluding tert-OH is 1. The van der Waals surface area contributed by atoms with E-state index in [0.29, 0.717) is 28.8 Å². The summed E-state index contributed by atoms with van der Waals surface area (Å²) in [7, 11) is 0. The van der Waals surface area contributed by atoms with Gasteiger partial charge in [-0.05, 0) is 73.4 Å². The number of carbonyl (C=O) groups is 1. The first-order valence-electron chi connectivity index (χ1n) is 11.5. The predicted molar refractivity (Wildman–Crippen MR) is 131 cm³/mol. The first kappa shape index (κ1) is 23.4. The normalized spacial score (nSPS) is 26.8. The number of nitrogens with zero attached hydrogens (tertiary/aromatic N) is 1. The average Bonchev–Trinajstić information content (AvgIpc) is 3.63. The lowest BCUT2D eigenvalue weighted by atomic mass is 9.65. The van der Waals surface area contributed by atoms with Crippen molar-refractivity contribution in [2.75, 3.05) is 6.61 Å². The van der Waals surface area contributed by atoms with E-state index >= 15 is 0 Å². The summed E-state index contributed by atoms with van der Waals surface area (Å²) < 4.78 is 0. The molecular weight excluding hydrogens is 441 g/mol. The van der Waals surface area contributed by atoms with Crippen LogP contribution in [0, 0.1) is 11.3 Å². The molecule has 0 bridgehead atoms. The molecule has 0 spiro atoms. The molecule has 4 atom stereocenters. The van der Waals surface area contributed by atoms with Gasteiger partial charge in [-0.1, -0.05) is 60.5 Å². The van der Waals surface area contributed by atoms with Crippen LogP contribution in [-0.2, 0) is 4.79 Å². The molecule has 3 nitrogen and oxygen atoms in total. The van der Waals surface area contributed by atoms with E-state index in [1.54, 1.807) is 0 Å². The summed E-state index contributed by atoms with van der Waals surface area (Å²) in [6, 6.07) is 15.4. The first-order valence-corrected chi connectivity index (χ1v) is 12.2. The molecule has 2 aliphatic rings. The molecule has 1 N–H and O–H groups in total. The number of hydrogen-bond donors (Lipinski definition) is 1. The van der Waals surface area contributed by atoms with E-state index in [2.05, 4.69) is 19.6 Å². The zero-order chi connectivity index (χ0) is 22.9. The molecule has 1 aliphatic heterocycles. The molecule has 4 unspecified atom stereocenters. The third-order valence-electron chi connectivity index (χ3n) is 7.39. The third-order valence-corrected chi connectivity index (χ3v) is 7.88. The van der Waals surface area contributed by atoms with Crippen LogP contribution in [0.25, 0.3) is 0 Å². The van der Waals surface area contributed by atoms with Crippen molar-refractivity contribution in [2.24, 2.45) is 11.3 Å². The minimum atomic E-state index is -0.542. The van der Waals surface area contributed by atoms with Crippen LogP contribution >= 0.6 is 23.2 Å². The van der Waals surface area contributed by atoms with Crippen LogP contribution in [0.5, 0.6) is 0 Å². The maximum absolute atomic E-state index is 14.2. The molecule has 0 aromatic heterocycles. The van der Waals surface area contributed by atoms with E-state index in [9.17, 15) is 9.90 Å². The zero-order valence-electron chi connectivity index (χ0n) is 18.5. The number of allylic oxidation sites excluding steroid dienone is 1. The SMILES string of the molecule is C=CCC1(CC)CC(c2cccc(Cl)c2)C(c2ccc(Cl)cc2)N(C(CO)C2CC2)C1=O. The maximum atomic E-state index is 14.2. The Balaban J connectivity index is 1.91. The van der Waals surface area contributed by atoms with Gasteiger partial charge in [0.15, 0.2) is 0 Å². The molecule has 4 rings (SSSR count). The smallest absolute Gasteiger partial charge is 0.229 e. The van der Waals surface area contributed by atoms with Gasteiger partial charge in [0.05, 0.1) is 24.1 Å². The van der Waals surface area contributed by atoms with Crippen molar-refractivity contribution in [3.63, 3.8) is 0 Å². The number of hydrogen-bond acceptors (Lipinski definition) is 2. The second-order valence-electron chi connectivity index (χ2n) is 9.29. The van der Waals surface area contributed by atoms with Crippen LogP contribution in [-0.4, -0.2) is 28.6 Å². The molecule has 1 aliphatic carbocycles. The van der Waals surface area contributed by atoms with E-state index < -0.39 is 5.41 Å². The Morgan fingerprint density at radius 2 is 1.88 bits per heavy atom. The molecular formula is C27H31Cl2NO2. The quantitative estimate of drug-likeness (QED) is 0.430. The van der Waals surface area contributed by atoms with Gasteiger partial charge in [-0.15, -0.1) is 6.58 Å². The number of amides is 1. The highest BCUT2D eigenvalue weighted by molar-refractivity contribution is 6.30. The summed E-state index contributed by atoms with van der Waals surface area (Å²) in [4.78, 5) is 16.2. The standard InChI is InChI=1S/C27H31Cl2NO2/c1-3-14-27(4-2)16-23(20-6-5-7-22(29)15-20)25(19-10-12-21(28)13-11-19)30(26(27)32)24(17-31)18-8-9-18/h3,5-7,10-13,15,18,23-25,31H,1,4,8-9,14,16-17H2,2H3. The number of rotatable bonds is 8. The minimum absolute atomic E-state index is 0.0311. The highest BCUT2D eigenvalue weighted by Crippen LogP contribution is 2.55. The molecule has 32 heavy (non-hydrogen) atoms. The average molecular weight is 472 g/mol. The Kier molecular flexibility index (Phi) is 7.00. The molecule has 170 valence electrons. The van der Waals surface area contributed by atoms with E-state index in [0.717, 1.165) is 30.4 Å². The van der Waals surface area contributed by atoms with Crippen LogP contribution in [0.1, 0.15) is 62.1 Å². The summed E-state index contributed by atoms with van der Waals surface area (Å²) in [6.07, 6.45) is 6.01. The van der Waals surface area contributed by atoms with Crippen LogP contribution in [0.4, 0.5) is 0 Å². The summed E-state index contributed by atoms with van der Waals surface area (Å²) in [5, 5.41) is 11.8. The number of likely N-dealkylation sites (tertiary alicyclic amines) is 1. The Hall–Kier alpha value is -1.81. The lowest BCUT2D eigenvalue weighted by Gasteiger charge is -2.53. The molecule has 1 heterocycles. The van der Waals surface area contributed by atoms with Crippen LogP contribution < -0.4 is 0 Å². The summed E-state index contributed by atoms with van der Waals surface area (Å²) in [5.41, 5.74) is 1.61. The Labute approximate surface area is 201 Å². The molecule has 2 aromatic rings. The fraction of sp³-hybridized carbons (Fsp3) is 0.444. The molecule has 2 fully saturated rings. The van der Waals surface area contributed by atoms with Gasteiger partial charge in [-0.3, -0.25) is 4.79 Å². The Morgan fingerprint density at radius 1 is 1.16 bits per heavy atom. The van der Waals surface area contributed by atoms with Crippen molar-refractivity contribution in [1.29, 1.82) is 0 Å². The largest absolute Gasteiger partial charge is 0.394 e. The highest BCUT2D eigenvalue weighted by atomic mass is 35.5. The monoisotopic (exact) mass is 471 g/mol. The lowest BCUT2D eigenvalue weighted by molar-refractivity contribution is -0.158. The van der Waals surface area contributed by atoms with Crippen molar-refractivity contribution in [1.82, 2.24) is 4.90 Å². The van der Waals surface area contributed by atoms with Gasteiger partial charge in [0.2, 0.25) is 5.91 Å². The number of halogens is 2. The van der Waals surface area contributed by atoms with Crippen molar-refractivity contribution >= 4 is 29.1 Å². The molecule has 5 heteroatoms. The highest BCUT2D eigenvalue weighted by Gasteiger charge is 2.54. The van der Waals surface area contributed by atoms with Gasteiger partial charge in [-0.2, -0.15) is 0 Å². The topological polar surface area (TPSA) is 40.5 Å². The summed E-state index contributed by atoms with van der Waals surface area (Å²) in [6.45, 7) is 6.02. The summed E-state index contributed by atoms with van der Waals surface area (Å²) >= 11 is 12.6. The number of carbonyl (C=O) groups excluding carboxylic acids is 1. The lowest BCUT2D eigenvalue weighted by Crippen LogP contribution is -2.57. The second-order valence-corrected chi connectivity index (χ2v) is 10.2. The van der Waals surface area contributed by atoms with Crippen molar-refractivity contribution in [3.05, 3.63) is 82.4 Å². The van der Waals surface area contributed by atoms with Gasteiger partial charge >= 0.3 is 0 Å². The van der Waals surface area contributed by atoms with Gasteiger partial charge in [-0.25, -0.2) is 0 Å². The number of aliphatic hydroxyl groups is 1. The van der Waals surface area contributed by atoms with E-state index in [4.69, 9.17) is 23.2 Å². The van der Waals surface area contributed by atoms with Crippen LogP contribution in [0.15, 0.2) is 61.2 Å². The Morgan fingerprint density at radius 3 is 2.44 bits per heavy atom. The van der Waals surface area contributed by atoms with Gasteiger partial charge in [0, 0.05) is 16.0 Å². The van der Waals surface area contributed by atoms with Crippen LogP contribution in [0.3, 0.4) is 0 Å². The van der Waals surface area contributed by atoms with Crippen molar-refractivity contribution in [3.8, 4) is 0 Å². The molecule has 1 amide bonds. The zero-order valence-corrected chi connectivity index (χ0v) is 20.0. The summed E-state index contributed by atoms with van der Waals surface area (Å²) in [5.74, 6) is 0.513. The first-order chi connectivity index (χ1) is 15.4. The van der Waals surface area contributed by atoms with Crippen LogP contribution in [0.2, 0.25) is 10.0 Å². The predicted octanol–water partition coefficient (Wildman–Crippen LogP) is 6.79. The maximum Gasteiger partial charge on any atom is 0.229 e. The molecule has 1 saturated carbocycles. The minimum Gasteiger partial charge on any atom is -0.394 e. The van der Waals surface area contributed by atoms with Crippen molar-refractivity contribution < 1.29 is 9.90 Å². The van der Waals surface area contributed by atoms with E-state index in [-0.39, 0.29) is 30.5 Å². The number of piperidine rings is 1.